The van der Waals surface area contributed by atoms with Gasteiger partial charge in [0.05, 0.1) is 43.3 Å². The molecule has 0 aliphatic carbocycles. The molecule has 11 heteroatoms. The highest BCUT2D eigenvalue weighted by Crippen LogP contribution is 2.28. The number of aromatic nitrogens is 4. The van der Waals surface area contributed by atoms with Gasteiger partial charge >= 0.3 is 12.1 Å². The van der Waals surface area contributed by atoms with Crippen LogP contribution in [0.4, 0.5) is 22.0 Å². The molecule has 4 aromatic rings. The fourth-order valence-electron chi connectivity index (χ4n) is 3.27. The molecule has 0 fully saturated rings. The summed E-state index contributed by atoms with van der Waals surface area (Å²) >= 11 is 0. The first kappa shape index (κ1) is 23.8. The van der Waals surface area contributed by atoms with Gasteiger partial charge in [0.2, 0.25) is 0 Å². The van der Waals surface area contributed by atoms with Crippen LogP contribution in [0.5, 0.6) is 6.01 Å². The number of hydrogen-bond acceptors (Lipinski definition) is 8. The van der Waals surface area contributed by atoms with E-state index < -0.39 is 18.8 Å². The van der Waals surface area contributed by atoms with E-state index in [1.807, 2.05) is 36.4 Å². The number of anilines is 2. The Morgan fingerprint density at radius 1 is 1.09 bits per heavy atom. The van der Waals surface area contributed by atoms with Gasteiger partial charge in [0.15, 0.2) is 17.0 Å². The minimum Gasteiger partial charge on any atom is -0.394 e. The Bertz CT molecular complexity index is 1270. The van der Waals surface area contributed by atoms with Gasteiger partial charge in [0.1, 0.15) is 0 Å². The van der Waals surface area contributed by atoms with Crippen molar-refractivity contribution in [3.63, 3.8) is 0 Å². The third-order valence-corrected chi connectivity index (χ3v) is 4.84. The molecule has 35 heavy (non-hydrogen) atoms. The van der Waals surface area contributed by atoms with Crippen LogP contribution >= 0.6 is 0 Å². The number of hydrogen-bond donors (Lipinski definition) is 2. The Hall–Kier alpha value is -4.35. The lowest BCUT2D eigenvalue weighted by Gasteiger charge is -2.21. The molecule has 180 valence electrons. The van der Waals surface area contributed by atoms with Gasteiger partial charge in [-0.25, -0.2) is 19.7 Å². The van der Waals surface area contributed by atoms with Crippen molar-refractivity contribution in [3.8, 4) is 6.01 Å². The molecule has 0 spiro atoms. The molecule has 2 N–H and O–H groups in total. The maximum Gasteiger partial charge on any atom is 0.426 e. The first-order valence-corrected chi connectivity index (χ1v) is 10.8. The Balaban J connectivity index is 1.74. The molecule has 1 atom stereocenters. The Labute approximate surface area is 201 Å². The van der Waals surface area contributed by atoms with Gasteiger partial charge in [0, 0.05) is 14.1 Å². The molecular weight excluding hydrogens is 450 g/mol. The maximum atomic E-state index is 13.4. The van der Waals surface area contributed by atoms with Gasteiger partial charge in [-0.3, -0.25) is 0 Å². The first-order valence-electron chi connectivity index (χ1n) is 10.8. The smallest absolute Gasteiger partial charge is 0.394 e. The van der Waals surface area contributed by atoms with Gasteiger partial charge in [0.25, 0.3) is 0 Å². The molecule has 4 rings (SSSR count). The number of para-hydroxylation sites is 2. The summed E-state index contributed by atoms with van der Waals surface area (Å²) in [6.45, 7) is -0.393. The van der Waals surface area contributed by atoms with Crippen molar-refractivity contribution >= 4 is 40.8 Å². The lowest BCUT2D eigenvalue weighted by molar-refractivity contribution is 0.0819. The van der Waals surface area contributed by atoms with Crippen LogP contribution in [-0.4, -0.2) is 73.9 Å². The molecule has 0 unspecified atom stereocenters. The number of carbonyl (C=O) groups excluding carboxylic acids is 1. The van der Waals surface area contributed by atoms with E-state index in [-0.39, 0.29) is 18.4 Å². The van der Waals surface area contributed by atoms with Crippen LogP contribution in [0, 0.1) is 0 Å². The molecule has 0 aliphatic rings. The molecule has 11 nitrogen and oxygen atoms in total. The number of aliphatic hydroxyl groups is 2. The Morgan fingerprint density at radius 3 is 2.29 bits per heavy atom. The second-order valence-corrected chi connectivity index (χ2v) is 7.82. The number of imidazole rings is 1. The van der Waals surface area contributed by atoms with Crippen LogP contribution < -0.4 is 9.64 Å². The topological polar surface area (TPSA) is 129 Å². The summed E-state index contributed by atoms with van der Waals surface area (Å²) in [7, 11) is 3.60. The molecule has 0 radical (unpaired) electrons. The van der Waals surface area contributed by atoms with Crippen LogP contribution in [0.1, 0.15) is 0 Å². The average molecular weight is 476 g/mol. The summed E-state index contributed by atoms with van der Waals surface area (Å²) in [6.07, 6.45) is 1.26. The van der Waals surface area contributed by atoms with Crippen LogP contribution in [0.3, 0.4) is 0 Å². The number of fused-ring (bicyclic) bond motifs is 1. The van der Waals surface area contributed by atoms with E-state index in [1.54, 1.807) is 43.3 Å². The normalized spacial score (nSPS) is 12.1. The number of nitrogens with zero attached hydrogens (tertiary/aromatic N) is 7. The predicted molar refractivity (Wildman–Crippen MR) is 131 cm³/mol. The second kappa shape index (κ2) is 10.7. The van der Waals surface area contributed by atoms with Crippen molar-refractivity contribution in [2.75, 3.05) is 25.6 Å². The minimum absolute atomic E-state index is 0.0361. The molecule has 2 aromatic carbocycles. The van der Waals surface area contributed by atoms with Gasteiger partial charge in [-0.15, -0.1) is 0 Å². The molecule has 0 saturated heterocycles. The summed E-state index contributed by atoms with van der Waals surface area (Å²) in [4.78, 5) is 33.8. The molecule has 0 bridgehead atoms. The zero-order valence-corrected chi connectivity index (χ0v) is 19.3. The number of amides is 1. The maximum absolute atomic E-state index is 13.4. The average Bonchev–Trinajstić information content (AvgIpc) is 3.26. The lowest BCUT2D eigenvalue weighted by Crippen LogP contribution is -2.29. The lowest BCUT2D eigenvalue weighted by atomic mass is 10.2. The third-order valence-electron chi connectivity index (χ3n) is 4.84. The predicted octanol–water partition coefficient (Wildman–Crippen LogP) is 2.74. The molecule has 2 aromatic heterocycles. The van der Waals surface area contributed by atoms with E-state index in [4.69, 9.17) is 4.74 Å². The Morgan fingerprint density at radius 2 is 1.71 bits per heavy atom. The van der Waals surface area contributed by atoms with Crippen LogP contribution in [0.2, 0.25) is 0 Å². The summed E-state index contributed by atoms with van der Waals surface area (Å²) in [6, 6.07) is 17.9. The third kappa shape index (κ3) is 5.60. The standard InChI is InChI=1S/C24H25N7O4/c1-29(2)15-26-21-20-22(30(16-25-20)13-19(33)14-32)28-23(27-21)35-24(34)31(17-9-5-3-6-10-17)18-11-7-4-8-12-18/h3-12,15-16,19,32-33H,13-14H2,1-2H3/t19-/m0/s1. The van der Waals surface area contributed by atoms with E-state index in [0.29, 0.717) is 22.5 Å². The summed E-state index contributed by atoms with van der Waals surface area (Å²) in [5.41, 5.74) is 1.86. The number of carbonyl (C=O) groups is 1. The van der Waals surface area contributed by atoms with E-state index in [0.717, 1.165) is 0 Å². The molecular formula is C24H25N7O4. The zero-order chi connectivity index (χ0) is 24.8. The molecule has 1 amide bonds. The first-order chi connectivity index (χ1) is 17.0. The summed E-state index contributed by atoms with van der Waals surface area (Å²) < 4.78 is 7.16. The van der Waals surface area contributed by atoms with Crippen molar-refractivity contribution in [2.45, 2.75) is 12.6 Å². The highest BCUT2D eigenvalue weighted by Gasteiger charge is 2.23. The molecule has 2 heterocycles. The summed E-state index contributed by atoms with van der Waals surface area (Å²) in [5, 5.41) is 19.1. The molecule has 0 aliphatic heterocycles. The highest BCUT2D eigenvalue weighted by atomic mass is 16.6. The number of rotatable bonds is 8. The zero-order valence-electron chi connectivity index (χ0n) is 19.3. The van der Waals surface area contributed by atoms with E-state index >= 15 is 0 Å². The van der Waals surface area contributed by atoms with Gasteiger partial charge in [-0.05, 0) is 24.3 Å². The largest absolute Gasteiger partial charge is 0.426 e. The van der Waals surface area contributed by atoms with Crippen molar-refractivity contribution in [1.82, 2.24) is 24.4 Å². The van der Waals surface area contributed by atoms with Crippen LogP contribution in [0.25, 0.3) is 11.2 Å². The van der Waals surface area contributed by atoms with Crippen LogP contribution in [0.15, 0.2) is 72.0 Å². The molecule has 0 saturated carbocycles. The SMILES string of the molecule is CN(C)C=Nc1nc(OC(=O)N(c2ccccc2)c2ccccc2)nc2c1ncn2C[C@H](O)CO. The summed E-state index contributed by atoms with van der Waals surface area (Å²) in [5.74, 6) is 0.190. The van der Waals surface area contributed by atoms with Gasteiger partial charge in [-0.1, -0.05) is 36.4 Å². The highest BCUT2D eigenvalue weighted by molar-refractivity contribution is 5.97. The number of benzene rings is 2. The van der Waals surface area contributed by atoms with E-state index in [1.165, 1.54) is 22.1 Å². The van der Waals surface area contributed by atoms with Crippen molar-refractivity contribution in [2.24, 2.45) is 4.99 Å². The van der Waals surface area contributed by atoms with E-state index in [9.17, 15) is 15.0 Å². The van der Waals surface area contributed by atoms with Crippen molar-refractivity contribution in [3.05, 3.63) is 67.0 Å². The monoisotopic (exact) mass is 475 g/mol. The van der Waals surface area contributed by atoms with E-state index in [2.05, 4.69) is 19.9 Å². The van der Waals surface area contributed by atoms with Gasteiger partial charge < -0.3 is 24.4 Å². The number of aliphatic hydroxyl groups excluding tert-OH is 2. The fraction of sp³-hybridized carbons (Fsp3) is 0.208. The number of ether oxygens (including phenoxy) is 1. The van der Waals surface area contributed by atoms with Crippen LogP contribution in [-0.2, 0) is 6.54 Å². The van der Waals surface area contributed by atoms with Gasteiger partial charge in [-0.2, -0.15) is 9.97 Å². The Kier molecular flexibility index (Phi) is 7.29. The fourth-order valence-corrected chi connectivity index (χ4v) is 3.27. The van der Waals surface area contributed by atoms with Crippen molar-refractivity contribution < 1.29 is 19.7 Å². The quantitative estimate of drug-likeness (QED) is 0.294. The van der Waals surface area contributed by atoms with Crippen molar-refractivity contribution in [1.29, 1.82) is 0 Å². The minimum atomic E-state index is -1.02. The number of aliphatic imine (C=N–C) groups is 1. The second-order valence-electron chi connectivity index (χ2n) is 7.82.